The van der Waals surface area contributed by atoms with Gasteiger partial charge in [-0.15, -0.1) is 0 Å². The molecule has 2 aliphatic rings. The normalized spacial score (nSPS) is 25.6. The Hall–Kier alpha value is -1.12. The average molecular weight is 256 g/mol. The van der Waals surface area contributed by atoms with Crippen LogP contribution in [0.25, 0.3) is 0 Å². The van der Waals surface area contributed by atoms with Crippen LogP contribution < -0.4 is 0 Å². The first-order valence-electron chi connectivity index (χ1n) is 7.59. The zero-order chi connectivity index (χ0) is 12.9. The molecule has 0 N–H and O–H groups in total. The van der Waals surface area contributed by atoms with Gasteiger partial charge in [0.25, 0.3) is 0 Å². The second-order valence-corrected chi connectivity index (χ2v) is 5.72. The standard InChI is InChI=1S/C17H24N2/c1-3-7-16(8-4-1)15-18-11-13-19(14-12-18)17-9-5-2-6-10-17/h1,3-5,7-9,17H,2,6,10-15H2. The monoisotopic (exact) mass is 256 g/mol. The second kappa shape index (κ2) is 6.36. The van der Waals surface area contributed by atoms with Gasteiger partial charge in [-0.2, -0.15) is 0 Å². The van der Waals surface area contributed by atoms with Crippen molar-refractivity contribution in [2.24, 2.45) is 0 Å². The summed E-state index contributed by atoms with van der Waals surface area (Å²) in [6, 6.07) is 11.5. The summed E-state index contributed by atoms with van der Waals surface area (Å²) in [5.41, 5.74) is 1.44. The summed E-state index contributed by atoms with van der Waals surface area (Å²) in [6.07, 6.45) is 8.80. The van der Waals surface area contributed by atoms with Gasteiger partial charge >= 0.3 is 0 Å². The minimum atomic E-state index is 0.715. The zero-order valence-corrected chi connectivity index (χ0v) is 11.7. The Balaban J connectivity index is 1.49. The fourth-order valence-electron chi connectivity index (χ4n) is 3.19. The average Bonchev–Trinajstić information content (AvgIpc) is 2.50. The van der Waals surface area contributed by atoms with E-state index in [9.17, 15) is 0 Å². The maximum absolute atomic E-state index is 2.66. The van der Waals surface area contributed by atoms with E-state index in [0.29, 0.717) is 6.04 Å². The van der Waals surface area contributed by atoms with Gasteiger partial charge in [-0.25, -0.2) is 0 Å². The number of hydrogen-bond acceptors (Lipinski definition) is 2. The lowest BCUT2D eigenvalue weighted by molar-refractivity contribution is 0.102. The number of allylic oxidation sites excluding steroid dienone is 1. The summed E-state index contributed by atoms with van der Waals surface area (Å²) in [6.45, 7) is 5.97. The Bertz CT molecular complexity index is 405. The molecular formula is C17H24N2. The molecule has 0 radical (unpaired) electrons. The van der Waals surface area contributed by atoms with Gasteiger partial charge in [0, 0.05) is 38.8 Å². The van der Waals surface area contributed by atoms with E-state index in [1.54, 1.807) is 0 Å². The van der Waals surface area contributed by atoms with Gasteiger partial charge in [0.05, 0.1) is 0 Å². The van der Waals surface area contributed by atoms with Crippen LogP contribution >= 0.6 is 0 Å². The Morgan fingerprint density at radius 2 is 1.79 bits per heavy atom. The van der Waals surface area contributed by atoms with Gasteiger partial charge in [0.15, 0.2) is 0 Å². The van der Waals surface area contributed by atoms with Crippen LogP contribution in [0.15, 0.2) is 42.5 Å². The Kier molecular flexibility index (Phi) is 4.31. The molecule has 1 aliphatic carbocycles. The zero-order valence-electron chi connectivity index (χ0n) is 11.7. The third kappa shape index (κ3) is 3.46. The van der Waals surface area contributed by atoms with Crippen molar-refractivity contribution >= 4 is 0 Å². The van der Waals surface area contributed by atoms with Crippen LogP contribution in [-0.4, -0.2) is 42.0 Å². The topological polar surface area (TPSA) is 6.48 Å². The SMILES string of the molecule is C1=CC(N2CCN(Cc3ccccc3)CC2)CCC1. The van der Waals surface area contributed by atoms with Crippen molar-refractivity contribution in [1.82, 2.24) is 9.80 Å². The van der Waals surface area contributed by atoms with Gasteiger partial charge in [-0.05, 0) is 24.8 Å². The second-order valence-electron chi connectivity index (χ2n) is 5.72. The van der Waals surface area contributed by atoms with E-state index in [1.807, 2.05) is 0 Å². The molecule has 1 aromatic carbocycles. The molecule has 102 valence electrons. The number of piperazine rings is 1. The smallest absolute Gasteiger partial charge is 0.0279 e. The summed E-state index contributed by atoms with van der Waals surface area (Å²) >= 11 is 0. The molecule has 1 heterocycles. The van der Waals surface area contributed by atoms with Crippen LogP contribution in [0, 0.1) is 0 Å². The molecule has 2 heteroatoms. The molecule has 0 bridgehead atoms. The lowest BCUT2D eigenvalue weighted by Crippen LogP contribution is -2.49. The van der Waals surface area contributed by atoms with Crippen molar-refractivity contribution < 1.29 is 0 Å². The first-order valence-corrected chi connectivity index (χ1v) is 7.59. The lowest BCUT2D eigenvalue weighted by atomic mass is 10.0. The Labute approximate surface area is 116 Å². The largest absolute Gasteiger partial charge is 0.297 e. The lowest BCUT2D eigenvalue weighted by Gasteiger charge is -2.39. The number of benzene rings is 1. The molecule has 1 saturated heterocycles. The van der Waals surface area contributed by atoms with E-state index >= 15 is 0 Å². The molecule has 0 aromatic heterocycles. The van der Waals surface area contributed by atoms with E-state index < -0.39 is 0 Å². The van der Waals surface area contributed by atoms with Crippen molar-refractivity contribution in [3.63, 3.8) is 0 Å². The van der Waals surface area contributed by atoms with Crippen molar-refractivity contribution in [1.29, 1.82) is 0 Å². The predicted octanol–water partition coefficient (Wildman–Crippen LogP) is 2.91. The summed E-state index contributed by atoms with van der Waals surface area (Å²) in [5, 5.41) is 0. The van der Waals surface area contributed by atoms with E-state index in [2.05, 4.69) is 52.3 Å². The molecule has 1 aromatic rings. The molecule has 1 aliphatic heterocycles. The van der Waals surface area contributed by atoms with Gasteiger partial charge < -0.3 is 0 Å². The third-order valence-corrected chi connectivity index (χ3v) is 4.35. The van der Waals surface area contributed by atoms with Crippen LogP contribution in [0.4, 0.5) is 0 Å². The summed E-state index contributed by atoms with van der Waals surface area (Å²) < 4.78 is 0. The van der Waals surface area contributed by atoms with Crippen LogP contribution in [-0.2, 0) is 6.54 Å². The predicted molar refractivity (Wildman–Crippen MR) is 80.1 cm³/mol. The van der Waals surface area contributed by atoms with Gasteiger partial charge in [0.1, 0.15) is 0 Å². The highest BCUT2D eigenvalue weighted by Gasteiger charge is 2.22. The molecule has 1 fully saturated rings. The van der Waals surface area contributed by atoms with E-state index in [4.69, 9.17) is 0 Å². The number of hydrogen-bond donors (Lipinski definition) is 0. The Morgan fingerprint density at radius 1 is 1.00 bits per heavy atom. The third-order valence-electron chi connectivity index (χ3n) is 4.35. The molecule has 1 atom stereocenters. The molecule has 0 amide bonds. The molecule has 19 heavy (non-hydrogen) atoms. The highest BCUT2D eigenvalue weighted by molar-refractivity contribution is 5.14. The van der Waals surface area contributed by atoms with Crippen LogP contribution in [0.5, 0.6) is 0 Å². The summed E-state index contributed by atoms with van der Waals surface area (Å²) in [4.78, 5) is 5.25. The van der Waals surface area contributed by atoms with Gasteiger partial charge in [-0.1, -0.05) is 42.5 Å². The van der Waals surface area contributed by atoms with Crippen LogP contribution in [0.1, 0.15) is 24.8 Å². The first kappa shape index (κ1) is 12.9. The maximum Gasteiger partial charge on any atom is 0.0279 e. The Morgan fingerprint density at radius 3 is 2.47 bits per heavy atom. The highest BCUT2D eigenvalue weighted by atomic mass is 15.3. The van der Waals surface area contributed by atoms with Crippen LogP contribution in [0.3, 0.4) is 0 Å². The van der Waals surface area contributed by atoms with E-state index in [-0.39, 0.29) is 0 Å². The van der Waals surface area contributed by atoms with Crippen LogP contribution in [0.2, 0.25) is 0 Å². The van der Waals surface area contributed by atoms with Gasteiger partial charge in [0.2, 0.25) is 0 Å². The van der Waals surface area contributed by atoms with Crippen molar-refractivity contribution in [2.45, 2.75) is 31.8 Å². The molecular weight excluding hydrogens is 232 g/mol. The molecule has 2 nitrogen and oxygen atoms in total. The molecule has 3 rings (SSSR count). The summed E-state index contributed by atoms with van der Waals surface area (Å²) in [7, 11) is 0. The maximum atomic E-state index is 2.66. The summed E-state index contributed by atoms with van der Waals surface area (Å²) in [5.74, 6) is 0. The molecule has 0 spiro atoms. The minimum absolute atomic E-state index is 0.715. The van der Waals surface area contributed by atoms with E-state index in [1.165, 1.54) is 51.0 Å². The molecule has 0 saturated carbocycles. The fourth-order valence-corrected chi connectivity index (χ4v) is 3.19. The first-order chi connectivity index (χ1) is 9.42. The molecule has 1 unspecified atom stereocenters. The van der Waals surface area contributed by atoms with Crippen molar-refractivity contribution in [2.75, 3.05) is 26.2 Å². The minimum Gasteiger partial charge on any atom is -0.297 e. The fraction of sp³-hybridized carbons (Fsp3) is 0.529. The number of nitrogens with zero attached hydrogens (tertiary/aromatic N) is 2. The van der Waals surface area contributed by atoms with E-state index in [0.717, 1.165) is 6.54 Å². The van der Waals surface area contributed by atoms with Crippen molar-refractivity contribution in [3.05, 3.63) is 48.0 Å². The van der Waals surface area contributed by atoms with Crippen molar-refractivity contribution in [3.8, 4) is 0 Å². The highest BCUT2D eigenvalue weighted by Crippen LogP contribution is 2.18. The van der Waals surface area contributed by atoms with Gasteiger partial charge in [-0.3, -0.25) is 9.80 Å². The quantitative estimate of drug-likeness (QED) is 0.767. The number of rotatable bonds is 3.